The quantitative estimate of drug-likeness (QED) is 0.416. The van der Waals surface area contributed by atoms with Crippen LogP contribution in [0.5, 0.6) is 0 Å². The van der Waals surface area contributed by atoms with E-state index >= 15 is 0 Å². The Morgan fingerprint density at radius 2 is 2.33 bits per heavy atom. The average Bonchev–Trinajstić information content (AvgIpc) is 1.80. The van der Waals surface area contributed by atoms with Gasteiger partial charge in [-0.2, -0.15) is 0 Å². The molecule has 0 aromatic carbocycles. The SMILES string of the molecule is C/C(N)=C\C=C/NC=O. The van der Waals surface area contributed by atoms with Crippen molar-refractivity contribution >= 4 is 6.41 Å². The molecule has 50 valence electrons. The summed E-state index contributed by atoms with van der Waals surface area (Å²) in [6, 6.07) is 0. The van der Waals surface area contributed by atoms with E-state index in [4.69, 9.17) is 5.73 Å². The van der Waals surface area contributed by atoms with Crippen molar-refractivity contribution in [1.82, 2.24) is 5.32 Å². The van der Waals surface area contributed by atoms with Crippen molar-refractivity contribution < 1.29 is 4.79 Å². The number of carbonyl (C=O) groups excluding carboxylic acids is 1. The molecule has 3 heteroatoms. The van der Waals surface area contributed by atoms with Gasteiger partial charge >= 0.3 is 0 Å². The van der Waals surface area contributed by atoms with Crippen LogP contribution in [-0.4, -0.2) is 6.41 Å². The van der Waals surface area contributed by atoms with Crippen molar-refractivity contribution in [3.63, 3.8) is 0 Å². The summed E-state index contributed by atoms with van der Waals surface area (Å²) >= 11 is 0. The Morgan fingerprint density at radius 3 is 2.78 bits per heavy atom. The third-order valence-corrected chi connectivity index (χ3v) is 0.620. The first-order valence-corrected chi connectivity index (χ1v) is 2.56. The van der Waals surface area contributed by atoms with Gasteiger partial charge in [0.2, 0.25) is 6.41 Å². The lowest BCUT2D eigenvalue weighted by Crippen LogP contribution is -1.98. The summed E-state index contributed by atoms with van der Waals surface area (Å²) < 4.78 is 0. The minimum Gasteiger partial charge on any atom is -0.402 e. The number of hydrogen-bond acceptors (Lipinski definition) is 2. The van der Waals surface area contributed by atoms with Crippen LogP contribution >= 0.6 is 0 Å². The lowest BCUT2D eigenvalue weighted by Gasteiger charge is -1.83. The Labute approximate surface area is 54.2 Å². The van der Waals surface area contributed by atoms with Gasteiger partial charge < -0.3 is 11.1 Å². The summed E-state index contributed by atoms with van der Waals surface area (Å²) in [6.45, 7) is 1.77. The number of rotatable bonds is 3. The molecule has 0 saturated heterocycles. The number of carbonyl (C=O) groups is 1. The van der Waals surface area contributed by atoms with Crippen LogP contribution in [0.15, 0.2) is 24.0 Å². The van der Waals surface area contributed by atoms with Crippen LogP contribution in [0.3, 0.4) is 0 Å². The predicted octanol–water partition coefficient (Wildman–Crippen LogP) is 0.109. The van der Waals surface area contributed by atoms with Crippen LogP contribution in [0.25, 0.3) is 0 Å². The van der Waals surface area contributed by atoms with Gasteiger partial charge in [-0.15, -0.1) is 0 Å². The molecular formula is C6H10N2O. The summed E-state index contributed by atoms with van der Waals surface area (Å²) in [5, 5.41) is 2.34. The van der Waals surface area contributed by atoms with Crippen molar-refractivity contribution in [3.8, 4) is 0 Å². The molecule has 0 spiro atoms. The standard InChI is InChI=1S/C6H10N2O/c1-6(7)3-2-4-8-5-9/h2-5H,7H2,1H3,(H,8,9)/b4-2-,6-3+. The third kappa shape index (κ3) is 6.75. The molecule has 0 aliphatic rings. The zero-order valence-electron chi connectivity index (χ0n) is 5.29. The minimum atomic E-state index is 0.593. The van der Waals surface area contributed by atoms with Gasteiger partial charge in [0.05, 0.1) is 0 Å². The summed E-state index contributed by atoms with van der Waals surface area (Å²) in [7, 11) is 0. The van der Waals surface area contributed by atoms with Crippen LogP contribution in [0.2, 0.25) is 0 Å². The van der Waals surface area contributed by atoms with E-state index in [1.54, 1.807) is 19.1 Å². The maximum Gasteiger partial charge on any atom is 0.211 e. The molecule has 0 bridgehead atoms. The predicted molar refractivity (Wildman–Crippen MR) is 36.3 cm³/mol. The Hall–Kier alpha value is -1.25. The number of amides is 1. The van der Waals surface area contributed by atoms with Crippen molar-refractivity contribution in [2.75, 3.05) is 0 Å². The normalized spacial score (nSPS) is 11.9. The van der Waals surface area contributed by atoms with Crippen LogP contribution in [0, 0.1) is 0 Å². The minimum absolute atomic E-state index is 0.593. The Morgan fingerprint density at radius 1 is 1.67 bits per heavy atom. The van der Waals surface area contributed by atoms with E-state index in [0.29, 0.717) is 12.1 Å². The Bertz CT molecular complexity index is 134. The van der Waals surface area contributed by atoms with Crippen molar-refractivity contribution in [2.45, 2.75) is 6.92 Å². The Balaban J connectivity index is 3.47. The number of allylic oxidation sites excluding steroid dienone is 3. The zero-order valence-corrected chi connectivity index (χ0v) is 5.29. The van der Waals surface area contributed by atoms with E-state index in [1.807, 2.05) is 0 Å². The second-order valence-electron chi connectivity index (χ2n) is 1.55. The lowest BCUT2D eigenvalue weighted by molar-refractivity contribution is -0.108. The van der Waals surface area contributed by atoms with Gasteiger partial charge in [-0.05, 0) is 19.1 Å². The van der Waals surface area contributed by atoms with E-state index in [0.717, 1.165) is 0 Å². The fraction of sp³-hybridized carbons (Fsp3) is 0.167. The van der Waals surface area contributed by atoms with Gasteiger partial charge in [0.25, 0.3) is 0 Å². The first-order chi connectivity index (χ1) is 4.27. The van der Waals surface area contributed by atoms with E-state index in [9.17, 15) is 4.79 Å². The number of hydrogen-bond donors (Lipinski definition) is 2. The third-order valence-electron chi connectivity index (χ3n) is 0.620. The summed E-state index contributed by atoms with van der Waals surface area (Å²) in [5.41, 5.74) is 5.98. The smallest absolute Gasteiger partial charge is 0.211 e. The molecule has 0 aliphatic carbocycles. The molecule has 0 rings (SSSR count). The Kier molecular flexibility index (Phi) is 4.22. The van der Waals surface area contributed by atoms with Crippen molar-refractivity contribution in [3.05, 3.63) is 24.0 Å². The monoisotopic (exact) mass is 126 g/mol. The van der Waals surface area contributed by atoms with Gasteiger partial charge in [0.1, 0.15) is 0 Å². The topological polar surface area (TPSA) is 55.1 Å². The fourth-order valence-corrected chi connectivity index (χ4v) is 0.295. The first kappa shape index (κ1) is 7.75. The second-order valence-corrected chi connectivity index (χ2v) is 1.55. The molecule has 3 N–H and O–H groups in total. The van der Waals surface area contributed by atoms with Gasteiger partial charge in [-0.1, -0.05) is 0 Å². The molecule has 0 saturated carbocycles. The molecule has 0 aromatic rings. The summed E-state index contributed by atoms with van der Waals surface area (Å²) in [5.74, 6) is 0. The number of nitrogens with two attached hydrogens (primary N) is 1. The van der Waals surface area contributed by atoms with Gasteiger partial charge in [-0.25, -0.2) is 0 Å². The molecule has 9 heavy (non-hydrogen) atoms. The molecule has 3 nitrogen and oxygen atoms in total. The second kappa shape index (κ2) is 4.90. The highest BCUT2D eigenvalue weighted by Gasteiger charge is 1.68. The van der Waals surface area contributed by atoms with Crippen LogP contribution < -0.4 is 11.1 Å². The van der Waals surface area contributed by atoms with Crippen LogP contribution in [-0.2, 0) is 4.79 Å². The summed E-state index contributed by atoms with van der Waals surface area (Å²) in [4.78, 5) is 9.64. The maximum absolute atomic E-state index is 9.64. The molecule has 0 heterocycles. The molecule has 0 unspecified atom stereocenters. The molecule has 1 amide bonds. The average molecular weight is 126 g/mol. The fourth-order valence-electron chi connectivity index (χ4n) is 0.295. The lowest BCUT2D eigenvalue weighted by atomic mass is 10.4. The highest BCUT2D eigenvalue weighted by Crippen LogP contribution is 1.78. The molecule has 0 aromatic heterocycles. The summed E-state index contributed by atoms with van der Waals surface area (Å²) in [6.07, 6.45) is 5.44. The number of nitrogens with one attached hydrogen (secondary N) is 1. The van der Waals surface area contributed by atoms with Gasteiger partial charge in [-0.3, -0.25) is 4.79 Å². The zero-order chi connectivity index (χ0) is 7.11. The van der Waals surface area contributed by atoms with E-state index in [2.05, 4.69) is 5.32 Å². The first-order valence-electron chi connectivity index (χ1n) is 2.56. The maximum atomic E-state index is 9.64. The van der Waals surface area contributed by atoms with Crippen LogP contribution in [0.4, 0.5) is 0 Å². The van der Waals surface area contributed by atoms with E-state index in [-0.39, 0.29) is 0 Å². The van der Waals surface area contributed by atoms with Crippen LogP contribution in [0.1, 0.15) is 6.92 Å². The molecule has 0 aliphatic heterocycles. The molecule has 0 radical (unpaired) electrons. The van der Waals surface area contributed by atoms with Gasteiger partial charge in [0.15, 0.2) is 0 Å². The highest BCUT2D eigenvalue weighted by molar-refractivity contribution is 5.47. The van der Waals surface area contributed by atoms with Gasteiger partial charge in [0, 0.05) is 11.9 Å². The molecule has 0 fully saturated rings. The molecular weight excluding hydrogens is 116 g/mol. The van der Waals surface area contributed by atoms with E-state index in [1.165, 1.54) is 6.20 Å². The molecule has 0 atom stereocenters. The van der Waals surface area contributed by atoms with Crippen molar-refractivity contribution in [2.24, 2.45) is 5.73 Å². The highest BCUT2D eigenvalue weighted by atomic mass is 16.1. The van der Waals surface area contributed by atoms with Crippen molar-refractivity contribution in [1.29, 1.82) is 0 Å². The van der Waals surface area contributed by atoms with E-state index < -0.39 is 0 Å². The largest absolute Gasteiger partial charge is 0.402 e.